The summed E-state index contributed by atoms with van der Waals surface area (Å²) < 4.78 is 0. The Hall–Kier alpha value is -0.260. The van der Waals surface area contributed by atoms with E-state index < -0.39 is 0 Å². The van der Waals surface area contributed by atoms with E-state index in [9.17, 15) is 0 Å². The zero-order valence-electron chi connectivity index (χ0n) is 8.55. The standard InChI is InChI=1S/C12H22/c1-3-4-8-11(2)12-9-6-5-7-10-12/h4,8,11-12H,3,5-7,9-10H2,1-2H3. The molecule has 0 N–H and O–H groups in total. The van der Waals surface area contributed by atoms with Crippen LogP contribution in [0, 0.1) is 11.8 Å². The molecule has 12 heavy (non-hydrogen) atoms. The molecule has 1 atom stereocenters. The van der Waals surface area contributed by atoms with E-state index in [0.717, 1.165) is 11.8 Å². The van der Waals surface area contributed by atoms with Gasteiger partial charge in [0.1, 0.15) is 0 Å². The third-order valence-electron chi connectivity index (χ3n) is 3.07. The van der Waals surface area contributed by atoms with E-state index in [1.54, 1.807) is 0 Å². The summed E-state index contributed by atoms with van der Waals surface area (Å²) >= 11 is 0. The normalized spacial score (nSPS) is 23.2. The molecule has 0 aliphatic heterocycles. The Bertz CT molecular complexity index is 129. The predicted molar refractivity (Wildman–Crippen MR) is 55.2 cm³/mol. The number of hydrogen-bond donors (Lipinski definition) is 0. The summed E-state index contributed by atoms with van der Waals surface area (Å²) in [4.78, 5) is 0. The quantitative estimate of drug-likeness (QED) is 0.552. The van der Waals surface area contributed by atoms with E-state index in [0.29, 0.717) is 0 Å². The van der Waals surface area contributed by atoms with Crippen molar-refractivity contribution in [1.29, 1.82) is 0 Å². The van der Waals surface area contributed by atoms with Gasteiger partial charge in [0.05, 0.1) is 0 Å². The summed E-state index contributed by atoms with van der Waals surface area (Å²) in [6, 6.07) is 0. The van der Waals surface area contributed by atoms with Crippen molar-refractivity contribution >= 4 is 0 Å². The topological polar surface area (TPSA) is 0 Å². The molecule has 1 aliphatic rings. The van der Waals surface area contributed by atoms with Gasteiger partial charge in [-0.3, -0.25) is 0 Å². The second-order valence-electron chi connectivity index (χ2n) is 4.09. The van der Waals surface area contributed by atoms with Gasteiger partial charge in [-0.15, -0.1) is 0 Å². The van der Waals surface area contributed by atoms with Crippen molar-refractivity contribution in [3.8, 4) is 0 Å². The third kappa shape index (κ3) is 3.00. The maximum absolute atomic E-state index is 2.41. The zero-order chi connectivity index (χ0) is 8.81. The number of hydrogen-bond acceptors (Lipinski definition) is 0. The summed E-state index contributed by atoms with van der Waals surface area (Å²) in [6.07, 6.45) is 13.3. The zero-order valence-corrected chi connectivity index (χ0v) is 8.55. The monoisotopic (exact) mass is 166 g/mol. The van der Waals surface area contributed by atoms with E-state index in [1.165, 1.54) is 38.5 Å². The molecule has 0 spiro atoms. The summed E-state index contributed by atoms with van der Waals surface area (Å²) in [5.41, 5.74) is 0. The van der Waals surface area contributed by atoms with Crippen molar-refractivity contribution in [1.82, 2.24) is 0 Å². The SMILES string of the molecule is CCC=CC(C)C1CCCCC1. The maximum Gasteiger partial charge on any atom is -0.0234 e. The van der Waals surface area contributed by atoms with Crippen molar-refractivity contribution in [3.63, 3.8) is 0 Å². The van der Waals surface area contributed by atoms with Crippen molar-refractivity contribution in [3.05, 3.63) is 12.2 Å². The molecule has 1 aliphatic carbocycles. The molecule has 0 heterocycles. The first-order chi connectivity index (χ1) is 5.84. The van der Waals surface area contributed by atoms with Crippen LogP contribution in [0.4, 0.5) is 0 Å². The Labute approximate surface area is 77.1 Å². The molecule has 0 amide bonds. The lowest BCUT2D eigenvalue weighted by atomic mass is 9.81. The molecule has 0 aromatic carbocycles. The number of allylic oxidation sites excluding steroid dienone is 2. The van der Waals surface area contributed by atoms with Gasteiger partial charge in [0.25, 0.3) is 0 Å². The van der Waals surface area contributed by atoms with Crippen LogP contribution in [-0.2, 0) is 0 Å². The number of rotatable bonds is 3. The molecule has 1 rings (SSSR count). The molecular formula is C12H22. The Morgan fingerprint density at radius 1 is 1.25 bits per heavy atom. The van der Waals surface area contributed by atoms with Crippen LogP contribution in [0.3, 0.4) is 0 Å². The lowest BCUT2D eigenvalue weighted by Gasteiger charge is -2.25. The molecule has 0 aromatic rings. The minimum atomic E-state index is 0.824. The fourth-order valence-electron chi connectivity index (χ4n) is 2.17. The summed E-state index contributed by atoms with van der Waals surface area (Å²) in [6.45, 7) is 4.59. The summed E-state index contributed by atoms with van der Waals surface area (Å²) in [5, 5.41) is 0. The largest absolute Gasteiger partial charge is 0.0885 e. The second kappa shape index (κ2) is 5.40. The Balaban J connectivity index is 2.29. The molecule has 0 nitrogen and oxygen atoms in total. The van der Waals surface area contributed by atoms with Gasteiger partial charge >= 0.3 is 0 Å². The summed E-state index contributed by atoms with van der Waals surface area (Å²) in [7, 11) is 0. The fraction of sp³-hybridized carbons (Fsp3) is 0.833. The Kier molecular flexibility index (Phi) is 4.42. The molecule has 0 bridgehead atoms. The first-order valence-electron chi connectivity index (χ1n) is 5.51. The maximum atomic E-state index is 2.41. The average Bonchev–Trinajstić information content (AvgIpc) is 2.15. The molecule has 0 aromatic heterocycles. The second-order valence-corrected chi connectivity index (χ2v) is 4.09. The Morgan fingerprint density at radius 2 is 1.92 bits per heavy atom. The van der Waals surface area contributed by atoms with E-state index in [4.69, 9.17) is 0 Å². The van der Waals surface area contributed by atoms with Crippen molar-refractivity contribution in [2.75, 3.05) is 0 Å². The van der Waals surface area contributed by atoms with Gasteiger partial charge in [0, 0.05) is 0 Å². The van der Waals surface area contributed by atoms with Crippen LogP contribution in [-0.4, -0.2) is 0 Å². The highest BCUT2D eigenvalue weighted by molar-refractivity contribution is 4.89. The van der Waals surface area contributed by atoms with Crippen LogP contribution in [0.1, 0.15) is 52.4 Å². The van der Waals surface area contributed by atoms with Crippen LogP contribution in [0.15, 0.2) is 12.2 Å². The van der Waals surface area contributed by atoms with E-state index >= 15 is 0 Å². The third-order valence-corrected chi connectivity index (χ3v) is 3.07. The first-order valence-corrected chi connectivity index (χ1v) is 5.51. The van der Waals surface area contributed by atoms with Crippen LogP contribution in [0.25, 0.3) is 0 Å². The molecule has 1 saturated carbocycles. The molecule has 70 valence electrons. The van der Waals surface area contributed by atoms with Gasteiger partial charge in [-0.1, -0.05) is 45.3 Å². The van der Waals surface area contributed by atoms with Gasteiger partial charge < -0.3 is 0 Å². The molecule has 0 radical (unpaired) electrons. The van der Waals surface area contributed by atoms with Crippen molar-refractivity contribution in [2.45, 2.75) is 52.4 Å². The van der Waals surface area contributed by atoms with Gasteiger partial charge in [-0.2, -0.15) is 0 Å². The minimum absolute atomic E-state index is 0.824. The van der Waals surface area contributed by atoms with Gasteiger partial charge in [-0.05, 0) is 31.1 Å². The van der Waals surface area contributed by atoms with Crippen LogP contribution >= 0.6 is 0 Å². The molecular weight excluding hydrogens is 144 g/mol. The van der Waals surface area contributed by atoms with Crippen LogP contribution in [0.2, 0.25) is 0 Å². The molecule has 0 heteroatoms. The van der Waals surface area contributed by atoms with E-state index in [-0.39, 0.29) is 0 Å². The van der Waals surface area contributed by atoms with Crippen molar-refractivity contribution < 1.29 is 0 Å². The van der Waals surface area contributed by atoms with E-state index in [1.807, 2.05) is 0 Å². The Morgan fingerprint density at radius 3 is 2.50 bits per heavy atom. The highest BCUT2D eigenvalue weighted by Crippen LogP contribution is 2.30. The highest BCUT2D eigenvalue weighted by atomic mass is 14.2. The van der Waals surface area contributed by atoms with Gasteiger partial charge in [-0.25, -0.2) is 0 Å². The fourth-order valence-corrected chi connectivity index (χ4v) is 2.17. The van der Waals surface area contributed by atoms with Crippen molar-refractivity contribution in [2.24, 2.45) is 11.8 Å². The average molecular weight is 166 g/mol. The summed E-state index contributed by atoms with van der Waals surface area (Å²) in [5.74, 6) is 1.81. The smallest absolute Gasteiger partial charge is 0.0234 e. The van der Waals surface area contributed by atoms with Gasteiger partial charge in [0.15, 0.2) is 0 Å². The lowest BCUT2D eigenvalue weighted by molar-refractivity contribution is 0.299. The lowest BCUT2D eigenvalue weighted by Crippen LogP contribution is -2.13. The molecule has 0 saturated heterocycles. The van der Waals surface area contributed by atoms with Crippen LogP contribution < -0.4 is 0 Å². The highest BCUT2D eigenvalue weighted by Gasteiger charge is 2.17. The molecule has 1 fully saturated rings. The van der Waals surface area contributed by atoms with Gasteiger partial charge in [0.2, 0.25) is 0 Å². The molecule has 1 unspecified atom stereocenters. The predicted octanol–water partition coefficient (Wildman–Crippen LogP) is 4.17. The van der Waals surface area contributed by atoms with E-state index in [2.05, 4.69) is 26.0 Å². The van der Waals surface area contributed by atoms with Crippen LogP contribution in [0.5, 0.6) is 0 Å². The first kappa shape index (κ1) is 9.83. The minimum Gasteiger partial charge on any atom is -0.0885 e.